The van der Waals surface area contributed by atoms with Gasteiger partial charge >= 0.3 is 0 Å². The van der Waals surface area contributed by atoms with Crippen LogP contribution in [0.4, 0.5) is 0 Å². The molecule has 4 heteroatoms. The zero-order chi connectivity index (χ0) is 16.6. The van der Waals surface area contributed by atoms with E-state index in [1.165, 1.54) is 23.1 Å². The van der Waals surface area contributed by atoms with Crippen LogP contribution in [-0.2, 0) is 11.3 Å². The molecule has 0 amide bonds. The zero-order valence-electron chi connectivity index (χ0n) is 14.0. The van der Waals surface area contributed by atoms with E-state index in [9.17, 15) is 0 Å². The Balaban J connectivity index is 1.39. The summed E-state index contributed by atoms with van der Waals surface area (Å²) in [6, 6.07) is 16.7. The van der Waals surface area contributed by atoms with Gasteiger partial charge in [-0.1, -0.05) is 48.0 Å². The van der Waals surface area contributed by atoms with Crippen molar-refractivity contribution in [1.29, 1.82) is 0 Å². The number of nitrogens with one attached hydrogen (secondary N) is 1. The monoisotopic (exact) mass is 344 g/mol. The minimum atomic E-state index is 0.775. The van der Waals surface area contributed by atoms with Crippen molar-refractivity contribution >= 4 is 11.6 Å². The molecule has 1 fully saturated rings. The first-order valence-corrected chi connectivity index (χ1v) is 9.05. The summed E-state index contributed by atoms with van der Waals surface area (Å²) in [5.41, 5.74) is 3.74. The molecule has 0 spiro atoms. The van der Waals surface area contributed by atoms with Gasteiger partial charge in [0, 0.05) is 24.7 Å². The van der Waals surface area contributed by atoms with Gasteiger partial charge in [-0.25, -0.2) is 0 Å². The number of benzene rings is 2. The molecule has 0 aromatic heterocycles. The van der Waals surface area contributed by atoms with E-state index in [-0.39, 0.29) is 0 Å². The molecule has 3 rings (SSSR count). The van der Waals surface area contributed by atoms with Gasteiger partial charge in [0.1, 0.15) is 0 Å². The van der Waals surface area contributed by atoms with Crippen LogP contribution in [0.1, 0.15) is 12.0 Å². The summed E-state index contributed by atoms with van der Waals surface area (Å²) in [5, 5.41) is 4.31. The summed E-state index contributed by atoms with van der Waals surface area (Å²) in [7, 11) is 0. The largest absolute Gasteiger partial charge is 0.379 e. The van der Waals surface area contributed by atoms with Crippen LogP contribution in [-0.4, -0.2) is 44.3 Å². The lowest BCUT2D eigenvalue weighted by molar-refractivity contribution is 0.0374. The average molecular weight is 345 g/mol. The summed E-state index contributed by atoms with van der Waals surface area (Å²) in [5.74, 6) is 0. The number of halogens is 1. The summed E-state index contributed by atoms with van der Waals surface area (Å²) in [6.07, 6.45) is 1.18. The maximum absolute atomic E-state index is 5.94. The fourth-order valence-electron chi connectivity index (χ4n) is 2.94. The van der Waals surface area contributed by atoms with Gasteiger partial charge in [-0.2, -0.15) is 0 Å². The normalized spacial score (nSPS) is 15.5. The van der Waals surface area contributed by atoms with Crippen molar-refractivity contribution < 1.29 is 4.74 Å². The highest BCUT2D eigenvalue weighted by molar-refractivity contribution is 6.30. The molecular formula is C20H25ClN2O. The van der Waals surface area contributed by atoms with Gasteiger partial charge in [-0.3, -0.25) is 4.90 Å². The maximum Gasteiger partial charge on any atom is 0.0594 e. The minimum absolute atomic E-state index is 0.775. The third kappa shape index (κ3) is 5.32. The molecular weight excluding hydrogens is 320 g/mol. The summed E-state index contributed by atoms with van der Waals surface area (Å²) in [6.45, 7) is 7.05. The van der Waals surface area contributed by atoms with Gasteiger partial charge < -0.3 is 10.1 Å². The van der Waals surface area contributed by atoms with E-state index in [4.69, 9.17) is 16.3 Å². The first kappa shape index (κ1) is 17.4. The Labute approximate surface area is 149 Å². The molecule has 128 valence electrons. The van der Waals surface area contributed by atoms with E-state index in [2.05, 4.69) is 46.6 Å². The maximum atomic E-state index is 5.94. The second kappa shape index (κ2) is 9.19. The lowest BCUT2D eigenvalue weighted by Crippen LogP contribution is -2.37. The van der Waals surface area contributed by atoms with E-state index in [1.54, 1.807) is 0 Å². The molecule has 0 bridgehead atoms. The molecule has 2 aromatic carbocycles. The van der Waals surface area contributed by atoms with Crippen LogP contribution < -0.4 is 5.32 Å². The predicted molar refractivity (Wildman–Crippen MR) is 100 cm³/mol. The molecule has 1 saturated heterocycles. The number of ether oxygens (including phenoxy) is 1. The van der Waals surface area contributed by atoms with Crippen molar-refractivity contribution in [2.24, 2.45) is 0 Å². The molecule has 0 atom stereocenters. The SMILES string of the molecule is Clc1ccc(-c2ccc(CNCCCN3CCOCC3)cc2)cc1. The Kier molecular flexibility index (Phi) is 6.67. The van der Waals surface area contributed by atoms with Gasteiger partial charge in [0.15, 0.2) is 0 Å². The Hall–Kier alpha value is -1.39. The summed E-state index contributed by atoms with van der Waals surface area (Å²) < 4.78 is 5.37. The van der Waals surface area contributed by atoms with E-state index < -0.39 is 0 Å². The van der Waals surface area contributed by atoms with E-state index >= 15 is 0 Å². The van der Waals surface area contributed by atoms with Gasteiger partial charge in [-0.05, 0) is 48.3 Å². The number of morpholine rings is 1. The van der Waals surface area contributed by atoms with Crippen molar-refractivity contribution in [3.05, 3.63) is 59.1 Å². The molecule has 24 heavy (non-hydrogen) atoms. The van der Waals surface area contributed by atoms with Crippen molar-refractivity contribution in [1.82, 2.24) is 10.2 Å². The van der Waals surface area contributed by atoms with Crippen LogP contribution in [0, 0.1) is 0 Å². The minimum Gasteiger partial charge on any atom is -0.379 e. The van der Waals surface area contributed by atoms with Crippen LogP contribution in [0.3, 0.4) is 0 Å². The molecule has 2 aromatic rings. The molecule has 3 nitrogen and oxygen atoms in total. The average Bonchev–Trinajstić information content (AvgIpc) is 2.64. The highest BCUT2D eigenvalue weighted by atomic mass is 35.5. The fourth-order valence-corrected chi connectivity index (χ4v) is 3.07. The third-order valence-corrected chi connectivity index (χ3v) is 4.64. The third-order valence-electron chi connectivity index (χ3n) is 4.39. The first-order chi connectivity index (χ1) is 11.8. The van der Waals surface area contributed by atoms with Gasteiger partial charge in [-0.15, -0.1) is 0 Å². The van der Waals surface area contributed by atoms with E-state index in [1.807, 2.05) is 12.1 Å². The molecule has 1 aliphatic heterocycles. The predicted octanol–water partition coefficient (Wildman–Crippen LogP) is 3.82. The van der Waals surface area contributed by atoms with Crippen LogP contribution >= 0.6 is 11.6 Å². The van der Waals surface area contributed by atoms with Crippen molar-refractivity contribution in [3.8, 4) is 11.1 Å². The lowest BCUT2D eigenvalue weighted by Gasteiger charge is -2.26. The van der Waals surface area contributed by atoms with Crippen molar-refractivity contribution in [2.75, 3.05) is 39.4 Å². The fraction of sp³-hybridized carbons (Fsp3) is 0.400. The van der Waals surface area contributed by atoms with Gasteiger partial charge in [0.2, 0.25) is 0 Å². The smallest absolute Gasteiger partial charge is 0.0594 e. The second-order valence-electron chi connectivity index (χ2n) is 6.19. The van der Waals surface area contributed by atoms with Crippen LogP contribution in [0.5, 0.6) is 0 Å². The number of hydrogen-bond acceptors (Lipinski definition) is 3. The molecule has 1 aliphatic rings. The Morgan fingerprint density at radius 3 is 2.21 bits per heavy atom. The second-order valence-corrected chi connectivity index (χ2v) is 6.62. The quantitative estimate of drug-likeness (QED) is 0.773. The molecule has 1 N–H and O–H groups in total. The standard InChI is InChI=1S/C20H25ClN2O/c21-20-8-6-19(7-9-20)18-4-2-17(3-5-18)16-22-10-1-11-23-12-14-24-15-13-23/h2-9,22H,1,10-16H2. The topological polar surface area (TPSA) is 24.5 Å². The molecule has 0 saturated carbocycles. The Morgan fingerprint density at radius 2 is 1.54 bits per heavy atom. The zero-order valence-corrected chi connectivity index (χ0v) is 14.8. The van der Waals surface area contributed by atoms with E-state index in [0.717, 1.165) is 51.0 Å². The Bertz CT molecular complexity index is 607. The number of hydrogen-bond donors (Lipinski definition) is 1. The van der Waals surface area contributed by atoms with Crippen LogP contribution in [0.25, 0.3) is 11.1 Å². The summed E-state index contributed by atoms with van der Waals surface area (Å²) >= 11 is 5.94. The molecule has 0 unspecified atom stereocenters. The highest BCUT2D eigenvalue weighted by Gasteiger charge is 2.08. The molecule has 0 radical (unpaired) electrons. The van der Waals surface area contributed by atoms with Crippen molar-refractivity contribution in [2.45, 2.75) is 13.0 Å². The number of nitrogens with zero attached hydrogens (tertiary/aromatic N) is 1. The van der Waals surface area contributed by atoms with Crippen LogP contribution in [0.15, 0.2) is 48.5 Å². The lowest BCUT2D eigenvalue weighted by atomic mass is 10.0. The van der Waals surface area contributed by atoms with Crippen molar-refractivity contribution in [3.63, 3.8) is 0 Å². The summed E-state index contributed by atoms with van der Waals surface area (Å²) in [4.78, 5) is 2.48. The number of rotatable bonds is 7. The van der Waals surface area contributed by atoms with Crippen LogP contribution in [0.2, 0.25) is 5.02 Å². The van der Waals surface area contributed by atoms with Gasteiger partial charge in [0.25, 0.3) is 0 Å². The van der Waals surface area contributed by atoms with E-state index in [0.29, 0.717) is 0 Å². The molecule has 1 heterocycles. The highest BCUT2D eigenvalue weighted by Crippen LogP contribution is 2.21. The first-order valence-electron chi connectivity index (χ1n) is 8.67. The Morgan fingerprint density at radius 1 is 0.917 bits per heavy atom. The molecule has 0 aliphatic carbocycles. The van der Waals surface area contributed by atoms with Gasteiger partial charge in [0.05, 0.1) is 13.2 Å².